The number of halogens is 2. The molecule has 6 heteroatoms. The van der Waals surface area contributed by atoms with Crippen LogP contribution in [-0.4, -0.2) is 23.9 Å². The molecule has 1 atom stereocenters. The van der Waals surface area contributed by atoms with Crippen molar-refractivity contribution in [3.8, 4) is 5.75 Å². The lowest BCUT2D eigenvalue weighted by Gasteiger charge is -2.22. The summed E-state index contributed by atoms with van der Waals surface area (Å²) < 4.78 is 21.4. The van der Waals surface area contributed by atoms with Crippen LogP contribution < -0.4 is 10.1 Å². The summed E-state index contributed by atoms with van der Waals surface area (Å²) in [6, 6.07) is 4.71. The van der Waals surface area contributed by atoms with Crippen LogP contribution in [0.25, 0.3) is 0 Å². The minimum atomic E-state index is -0.273. The normalized spacial score (nSPS) is 12.7. The second kappa shape index (κ2) is 6.58. The van der Waals surface area contributed by atoms with Crippen LogP contribution in [0.1, 0.15) is 37.2 Å². The lowest BCUT2D eigenvalue weighted by atomic mass is 10.0. The van der Waals surface area contributed by atoms with E-state index in [2.05, 4.69) is 40.2 Å². The van der Waals surface area contributed by atoms with Crippen LogP contribution in [0.3, 0.4) is 0 Å². The van der Waals surface area contributed by atoms with E-state index in [0.717, 1.165) is 11.3 Å². The van der Waals surface area contributed by atoms with Crippen molar-refractivity contribution in [1.29, 1.82) is 0 Å². The van der Waals surface area contributed by atoms with Gasteiger partial charge in [0.25, 0.3) is 0 Å². The zero-order valence-corrected chi connectivity index (χ0v) is 14.1. The molecule has 2 aromatic rings. The number of ether oxygens (including phenoxy) is 1. The van der Waals surface area contributed by atoms with Gasteiger partial charge in [-0.3, -0.25) is 4.68 Å². The van der Waals surface area contributed by atoms with Gasteiger partial charge < -0.3 is 10.1 Å². The summed E-state index contributed by atoms with van der Waals surface area (Å²) in [5.74, 6) is 0.434. The molecule has 1 unspecified atom stereocenters. The van der Waals surface area contributed by atoms with Crippen LogP contribution in [0.4, 0.5) is 4.39 Å². The Balaban J connectivity index is 2.58. The summed E-state index contributed by atoms with van der Waals surface area (Å²) in [7, 11) is 3.48. The van der Waals surface area contributed by atoms with Crippen molar-refractivity contribution in [2.45, 2.75) is 25.9 Å². The molecule has 0 saturated carbocycles. The molecule has 1 aromatic carbocycles. The molecule has 1 heterocycles. The van der Waals surface area contributed by atoms with Crippen LogP contribution in [0.15, 0.2) is 28.9 Å². The molecule has 21 heavy (non-hydrogen) atoms. The average Bonchev–Trinajstić information content (AvgIpc) is 2.86. The number of hydrogen-bond donors (Lipinski definition) is 1. The maximum Gasteiger partial charge on any atom is 0.161 e. The number of rotatable bonds is 5. The predicted octanol–water partition coefficient (Wildman–Crippen LogP) is 3.68. The van der Waals surface area contributed by atoms with Gasteiger partial charge in [0, 0.05) is 10.5 Å². The molecule has 114 valence electrons. The molecular formula is C15H19BrFN3O. The van der Waals surface area contributed by atoms with Gasteiger partial charge in [-0.15, -0.1) is 0 Å². The van der Waals surface area contributed by atoms with Gasteiger partial charge in [-0.25, -0.2) is 4.39 Å². The molecule has 0 aliphatic rings. The average molecular weight is 356 g/mol. The van der Waals surface area contributed by atoms with Gasteiger partial charge in [0.2, 0.25) is 0 Å². The molecular weight excluding hydrogens is 337 g/mol. The third-order valence-corrected chi connectivity index (χ3v) is 4.03. The highest BCUT2D eigenvalue weighted by atomic mass is 79.9. The molecule has 0 aliphatic heterocycles. The summed E-state index contributed by atoms with van der Waals surface area (Å²) in [6.45, 7) is 4.12. The Morgan fingerprint density at radius 1 is 1.38 bits per heavy atom. The second-order valence-electron chi connectivity index (χ2n) is 5.02. The lowest BCUT2D eigenvalue weighted by Crippen LogP contribution is -2.23. The van der Waals surface area contributed by atoms with E-state index in [1.165, 1.54) is 12.1 Å². The van der Waals surface area contributed by atoms with Gasteiger partial charge in [0.15, 0.2) is 5.75 Å². The highest BCUT2D eigenvalue weighted by molar-refractivity contribution is 9.10. The van der Waals surface area contributed by atoms with Crippen molar-refractivity contribution < 1.29 is 9.13 Å². The van der Waals surface area contributed by atoms with Crippen molar-refractivity contribution in [2.24, 2.45) is 0 Å². The van der Waals surface area contributed by atoms with E-state index in [1.807, 2.05) is 11.7 Å². The van der Waals surface area contributed by atoms with E-state index in [1.54, 1.807) is 19.4 Å². The van der Waals surface area contributed by atoms with Crippen LogP contribution in [0.5, 0.6) is 5.75 Å². The summed E-state index contributed by atoms with van der Waals surface area (Å²) >= 11 is 3.43. The number of nitrogens with one attached hydrogen (secondary N) is 1. The molecule has 0 spiro atoms. The fraction of sp³-hybridized carbons (Fsp3) is 0.400. The number of methoxy groups -OCH3 is 1. The standard InChI is InChI=1S/C15H19BrFN3O/c1-9(2)20-15(13(21-4)8-19-20)14(18-3)11-6-5-10(17)7-12(11)16/h5-9,14,18H,1-4H3. The van der Waals surface area contributed by atoms with Crippen LogP contribution in [0.2, 0.25) is 0 Å². The Hall–Kier alpha value is -1.40. The minimum Gasteiger partial charge on any atom is -0.493 e. The van der Waals surface area contributed by atoms with Crippen molar-refractivity contribution >= 4 is 15.9 Å². The first-order valence-corrected chi connectivity index (χ1v) is 7.52. The van der Waals surface area contributed by atoms with Crippen molar-refractivity contribution in [3.05, 3.63) is 45.9 Å². The Morgan fingerprint density at radius 2 is 2.10 bits per heavy atom. The molecule has 0 amide bonds. The summed E-state index contributed by atoms with van der Waals surface area (Å²) in [5.41, 5.74) is 1.85. The van der Waals surface area contributed by atoms with E-state index in [0.29, 0.717) is 10.2 Å². The number of hydrogen-bond acceptors (Lipinski definition) is 3. The zero-order chi connectivity index (χ0) is 15.6. The Morgan fingerprint density at radius 3 is 2.62 bits per heavy atom. The summed E-state index contributed by atoms with van der Waals surface area (Å²) in [4.78, 5) is 0. The zero-order valence-electron chi connectivity index (χ0n) is 12.5. The SMILES string of the molecule is CNC(c1ccc(F)cc1Br)c1c(OC)cnn1C(C)C. The molecule has 0 fully saturated rings. The number of nitrogens with zero attached hydrogens (tertiary/aromatic N) is 2. The molecule has 1 aromatic heterocycles. The first-order chi connectivity index (χ1) is 9.99. The van der Waals surface area contributed by atoms with Crippen LogP contribution in [0, 0.1) is 5.82 Å². The number of benzene rings is 1. The van der Waals surface area contributed by atoms with Gasteiger partial charge >= 0.3 is 0 Å². The molecule has 0 aliphatic carbocycles. The quantitative estimate of drug-likeness (QED) is 0.888. The van der Waals surface area contributed by atoms with E-state index >= 15 is 0 Å². The molecule has 0 bridgehead atoms. The molecule has 0 radical (unpaired) electrons. The predicted molar refractivity (Wildman–Crippen MR) is 84.2 cm³/mol. The van der Waals surface area contributed by atoms with Gasteiger partial charge in [-0.1, -0.05) is 22.0 Å². The smallest absolute Gasteiger partial charge is 0.161 e. The maximum atomic E-state index is 13.3. The summed E-state index contributed by atoms with van der Waals surface area (Å²) in [6.07, 6.45) is 1.71. The Bertz CT molecular complexity index is 627. The largest absolute Gasteiger partial charge is 0.493 e. The third-order valence-electron chi connectivity index (χ3n) is 3.34. The Labute approximate surface area is 132 Å². The van der Waals surface area contributed by atoms with Crippen molar-refractivity contribution in [3.63, 3.8) is 0 Å². The van der Waals surface area contributed by atoms with Gasteiger partial charge in [0.1, 0.15) is 11.5 Å². The molecule has 4 nitrogen and oxygen atoms in total. The topological polar surface area (TPSA) is 39.1 Å². The van der Waals surface area contributed by atoms with Gasteiger partial charge in [-0.2, -0.15) is 5.10 Å². The third kappa shape index (κ3) is 3.11. The monoisotopic (exact) mass is 355 g/mol. The maximum absolute atomic E-state index is 13.3. The highest BCUT2D eigenvalue weighted by Gasteiger charge is 2.25. The Kier molecular flexibility index (Phi) is 5.00. The molecule has 0 saturated heterocycles. The fourth-order valence-electron chi connectivity index (χ4n) is 2.37. The van der Waals surface area contributed by atoms with E-state index in [4.69, 9.17) is 4.74 Å². The van der Waals surface area contributed by atoms with Crippen LogP contribution in [-0.2, 0) is 0 Å². The van der Waals surface area contributed by atoms with E-state index in [-0.39, 0.29) is 17.9 Å². The summed E-state index contributed by atoms with van der Waals surface area (Å²) in [5, 5.41) is 7.65. The number of aromatic nitrogens is 2. The second-order valence-corrected chi connectivity index (χ2v) is 5.88. The van der Waals surface area contributed by atoms with Crippen molar-refractivity contribution in [2.75, 3.05) is 14.2 Å². The molecule has 2 rings (SSSR count). The van der Waals surface area contributed by atoms with E-state index < -0.39 is 0 Å². The van der Waals surface area contributed by atoms with E-state index in [9.17, 15) is 4.39 Å². The molecule has 1 N–H and O–H groups in total. The van der Waals surface area contributed by atoms with Crippen LogP contribution >= 0.6 is 15.9 Å². The fourth-order valence-corrected chi connectivity index (χ4v) is 2.95. The van der Waals surface area contributed by atoms with Gasteiger partial charge in [-0.05, 0) is 38.6 Å². The van der Waals surface area contributed by atoms with Gasteiger partial charge in [0.05, 0.1) is 19.3 Å². The lowest BCUT2D eigenvalue weighted by molar-refractivity contribution is 0.396. The first kappa shape index (κ1) is 16.0. The first-order valence-electron chi connectivity index (χ1n) is 6.73. The van der Waals surface area contributed by atoms with Crippen molar-refractivity contribution in [1.82, 2.24) is 15.1 Å². The highest BCUT2D eigenvalue weighted by Crippen LogP contribution is 2.35. The minimum absolute atomic E-state index is 0.153.